The van der Waals surface area contributed by atoms with Crippen LogP contribution in [0.4, 0.5) is 0 Å². The lowest BCUT2D eigenvalue weighted by Crippen LogP contribution is -2.36. The summed E-state index contributed by atoms with van der Waals surface area (Å²) in [6.07, 6.45) is 3.95. The first-order chi connectivity index (χ1) is 6.83. The minimum Gasteiger partial charge on any atom is -0.344 e. The molecule has 1 atom stereocenters. The van der Waals surface area contributed by atoms with Crippen LogP contribution in [0.5, 0.6) is 0 Å². The molecule has 5 heteroatoms. The van der Waals surface area contributed by atoms with Crippen LogP contribution in [0.3, 0.4) is 0 Å². The number of fused-ring (bicyclic) bond motifs is 1. The van der Waals surface area contributed by atoms with E-state index in [0.717, 1.165) is 37.6 Å². The second-order valence-corrected chi connectivity index (χ2v) is 4.51. The molecule has 1 N–H and O–H groups in total. The fourth-order valence-electron chi connectivity index (χ4n) is 1.78. The van der Waals surface area contributed by atoms with Gasteiger partial charge in [-0.2, -0.15) is 11.8 Å². The molecule has 1 amide bonds. The number of nitrogens with one attached hydrogen (secondary N) is 1. The van der Waals surface area contributed by atoms with Gasteiger partial charge in [-0.15, -0.1) is 0 Å². The highest BCUT2D eigenvalue weighted by Crippen LogP contribution is 2.14. The molecule has 0 bridgehead atoms. The number of amides is 1. The molecule has 14 heavy (non-hydrogen) atoms. The van der Waals surface area contributed by atoms with E-state index in [-0.39, 0.29) is 11.9 Å². The lowest BCUT2D eigenvalue weighted by Gasteiger charge is -2.18. The average molecular weight is 213 g/mol. The number of guanidine groups is 1. The van der Waals surface area contributed by atoms with Crippen LogP contribution in [0.2, 0.25) is 0 Å². The predicted molar refractivity (Wildman–Crippen MR) is 58.6 cm³/mol. The Labute approximate surface area is 88.1 Å². The van der Waals surface area contributed by atoms with Gasteiger partial charge in [-0.25, -0.2) is 0 Å². The topological polar surface area (TPSA) is 44.7 Å². The Kier molecular flexibility index (Phi) is 2.96. The van der Waals surface area contributed by atoms with Crippen LogP contribution in [-0.4, -0.2) is 47.9 Å². The van der Waals surface area contributed by atoms with E-state index in [1.54, 1.807) is 16.7 Å². The summed E-state index contributed by atoms with van der Waals surface area (Å²) in [7, 11) is 0. The normalized spacial score (nSPS) is 25.8. The summed E-state index contributed by atoms with van der Waals surface area (Å²) in [6, 6.07) is -0.0284. The molecule has 1 unspecified atom stereocenters. The minimum atomic E-state index is -0.0284. The second kappa shape index (κ2) is 4.21. The van der Waals surface area contributed by atoms with E-state index in [1.807, 2.05) is 0 Å². The standard InChI is InChI=1S/C9H15N3OS/c1-14-6-3-7-8(13)12-5-2-4-10-9(12)11-7/h7H,2-6H2,1H3,(H,10,11). The van der Waals surface area contributed by atoms with Gasteiger partial charge in [0, 0.05) is 13.1 Å². The molecule has 0 aliphatic carbocycles. The van der Waals surface area contributed by atoms with Crippen molar-refractivity contribution in [2.75, 3.05) is 25.1 Å². The van der Waals surface area contributed by atoms with Gasteiger partial charge in [-0.3, -0.25) is 14.7 Å². The van der Waals surface area contributed by atoms with Gasteiger partial charge in [0.05, 0.1) is 0 Å². The molecule has 1 fully saturated rings. The molecular weight excluding hydrogens is 198 g/mol. The molecule has 0 aromatic heterocycles. The molecule has 2 heterocycles. The highest BCUT2D eigenvalue weighted by molar-refractivity contribution is 7.98. The second-order valence-electron chi connectivity index (χ2n) is 3.53. The molecule has 2 rings (SSSR count). The van der Waals surface area contributed by atoms with E-state index in [4.69, 9.17) is 0 Å². The molecule has 0 aromatic rings. The molecule has 2 aliphatic rings. The maximum absolute atomic E-state index is 11.8. The maximum atomic E-state index is 11.8. The molecule has 0 aromatic carbocycles. The van der Waals surface area contributed by atoms with Gasteiger partial charge in [0.25, 0.3) is 5.91 Å². The van der Waals surface area contributed by atoms with E-state index in [1.165, 1.54) is 0 Å². The van der Waals surface area contributed by atoms with Crippen molar-refractivity contribution in [3.8, 4) is 0 Å². The summed E-state index contributed by atoms with van der Waals surface area (Å²) < 4.78 is 0. The van der Waals surface area contributed by atoms with E-state index in [0.29, 0.717) is 0 Å². The van der Waals surface area contributed by atoms with Gasteiger partial charge in [0.2, 0.25) is 5.96 Å². The smallest absolute Gasteiger partial charge is 0.251 e. The Morgan fingerprint density at radius 3 is 3.29 bits per heavy atom. The van der Waals surface area contributed by atoms with Crippen LogP contribution >= 0.6 is 11.8 Å². The highest BCUT2D eigenvalue weighted by atomic mass is 32.2. The molecule has 78 valence electrons. The van der Waals surface area contributed by atoms with Crippen molar-refractivity contribution in [3.05, 3.63) is 0 Å². The van der Waals surface area contributed by atoms with Crippen LogP contribution in [0, 0.1) is 0 Å². The number of hydrogen-bond donors (Lipinski definition) is 1. The van der Waals surface area contributed by atoms with Gasteiger partial charge in [0.15, 0.2) is 0 Å². The van der Waals surface area contributed by atoms with Crippen molar-refractivity contribution in [3.63, 3.8) is 0 Å². The van der Waals surface area contributed by atoms with Crippen LogP contribution in [-0.2, 0) is 4.79 Å². The van der Waals surface area contributed by atoms with E-state index >= 15 is 0 Å². The van der Waals surface area contributed by atoms with Crippen LogP contribution in [0.25, 0.3) is 0 Å². The first-order valence-electron chi connectivity index (χ1n) is 4.94. The maximum Gasteiger partial charge on any atom is 0.251 e. The van der Waals surface area contributed by atoms with Gasteiger partial charge in [0.1, 0.15) is 6.04 Å². The van der Waals surface area contributed by atoms with E-state index in [2.05, 4.69) is 16.6 Å². The Bertz CT molecular complexity index is 267. The first-order valence-corrected chi connectivity index (χ1v) is 6.33. The Hall–Kier alpha value is -0.710. The molecule has 1 saturated heterocycles. The highest BCUT2D eigenvalue weighted by Gasteiger charge is 2.36. The summed E-state index contributed by atoms with van der Waals surface area (Å²) in [4.78, 5) is 17.9. The average Bonchev–Trinajstić information content (AvgIpc) is 2.54. The number of rotatable bonds is 3. The molecule has 0 radical (unpaired) electrons. The molecule has 2 aliphatic heterocycles. The van der Waals surface area contributed by atoms with Crippen LogP contribution < -0.4 is 5.32 Å². The fraction of sp³-hybridized carbons (Fsp3) is 0.778. The summed E-state index contributed by atoms with van der Waals surface area (Å²) in [5.74, 6) is 2.02. The van der Waals surface area contributed by atoms with Crippen molar-refractivity contribution in [1.29, 1.82) is 0 Å². The SMILES string of the molecule is CSCCC1NC2=NCCCN2C1=O. The molecule has 0 saturated carbocycles. The number of aliphatic imine (C=N–C) groups is 1. The number of hydrogen-bond acceptors (Lipinski definition) is 4. The molecule has 0 spiro atoms. The third-order valence-electron chi connectivity index (χ3n) is 2.54. The molecular formula is C9H15N3OS. The van der Waals surface area contributed by atoms with Crippen LogP contribution in [0.1, 0.15) is 12.8 Å². The van der Waals surface area contributed by atoms with Gasteiger partial charge in [-0.05, 0) is 24.9 Å². The van der Waals surface area contributed by atoms with Gasteiger partial charge in [-0.1, -0.05) is 0 Å². The third-order valence-corrected chi connectivity index (χ3v) is 3.18. The third kappa shape index (κ3) is 1.73. The van der Waals surface area contributed by atoms with Crippen molar-refractivity contribution >= 4 is 23.6 Å². The minimum absolute atomic E-state index is 0.0284. The Morgan fingerprint density at radius 2 is 2.57 bits per heavy atom. The van der Waals surface area contributed by atoms with Crippen LogP contribution in [0.15, 0.2) is 4.99 Å². The number of carbonyl (C=O) groups is 1. The summed E-state index contributed by atoms with van der Waals surface area (Å²) >= 11 is 1.77. The number of nitrogens with zero attached hydrogens (tertiary/aromatic N) is 2. The first kappa shape index (κ1) is 9.83. The zero-order chi connectivity index (χ0) is 9.97. The largest absolute Gasteiger partial charge is 0.344 e. The van der Waals surface area contributed by atoms with Crippen molar-refractivity contribution in [1.82, 2.24) is 10.2 Å². The Balaban J connectivity index is 2.00. The fourth-order valence-corrected chi connectivity index (χ4v) is 2.25. The summed E-state index contributed by atoms with van der Waals surface area (Å²) in [5.41, 5.74) is 0. The zero-order valence-electron chi connectivity index (χ0n) is 8.32. The quantitative estimate of drug-likeness (QED) is 0.733. The van der Waals surface area contributed by atoms with Crippen molar-refractivity contribution < 1.29 is 4.79 Å². The van der Waals surface area contributed by atoms with Gasteiger partial charge >= 0.3 is 0 Å². The zero-order valence-corrected chi connectivity index (χ0v) is 9.14. The monoisotopic (exact) mass is 213 g/mol. The van der Waals surface area contributed by atoms with E-state index < -0.39 is 0 Å². The lowest BCUT2D eigenvalue weighted by atomic mass is 10.2. The molecule has 4 nitrogen and oxygen atoms in total. The van der Waals surface area contributed by atoms with E-state index in [9.17, 15) is 4.79 Å². The van der Waals surface area contributed by atoms with Gasteiger partial charge < -0.3 is 5.32 Å². The van der Waals surface area contributed by atoms with Crippen molar-refractivity contribution in [2.45, 2.75) is 18.9 Å². The summed E-state index contributed by atoms with van der Waals surface area (Å²) in [6.45, 7) is 1.68. The van der Waals surface area contributed by atoms with Crippen molar-refractivity contribution in [2.24, 2.45) is 4.99 Å². The summed E-state index contributed by atoms with van der Waals surface area (Å²) in [5, 5.41) is 3.19. The predicted octanol–water partition coefficient (Wildman–Crippen LogP) is 0.300. The Morgan fingerprint density at radius 1 is 1.71 bits per heavy atom. The number of carbonyl (C=O) groups excluding carboxylic acids is 1. The number of thioether (sulfide) groups is 1. The lowest BCUT2D eigenvalue weighted by molar-refractivity contribution is -0.127.